The maximum absolute atomic E-state index is 11.4. The molecule has 8 nitrogen and oxygen atoms in total. The van der Waals surface area contributed by atoms with Crippen LogP contribution in [0.15, 0.2) is 35.2 Å². The predicted molar refractivity (Wildman–Crippen MR) is 101 cm³/mol. The van der Waals surface area contributed by atoms with Gasteiger partial charge in [0.25, 0.3) is 5.69 Å². The second-order valence-corrected chi connectivity index (χ2v) is 9.28. The summed E-state index contributed by atoms with van der Waals surface area (Å²) in [5, 5.41) is 16.4. The Hall–Kier alpha value is -1.72. The summed E-state index contributed by atoms with van der Waals surface area (Å²) in [5.41, 5.74) is 0.149. The van der Waals surface area contributed by atoms with Crippen LogP contribution in [0.3, 0.4) is 0 Å². The van der Waals surface area contributed by atoms with E-state index in [1.807, 2.05) is 17.0 Å². The summed E-state index contributed by atoms with van der Waals surface area (Å²) in [6.07, 6.45) is 0. The topological polar surface area (TPSA) is 110 Å². The Bertz CT molecular complexity index is 923. The van der Waals surface area contributed by atoms with Crippen molar-refractivity contribution in [2.45, 2.75) is 11.4 Å². The third kappa shape index (κ3) is 4.33. The van der Waals surface area contributed by atoms with Crippen molar-refractivity contribution in [3.8, 4) is 0 Å². The molecule has 26 heavy (non-hydrogen) atoms. The molecular formula is C15H17ClN4O4S2. The maximum Gasteiger partial charge on any atom is 0.293 e. The summed E-state index contributed by atoms with van der Waals surface area (Å²) in [6.45, 7) is 3.48. The first-order valence-electron chi connectivity index (χ1n) is 7.77. The largest absolute Gasteiger partial charge is 0.363 e. The lowest BCUT2D eigenvalue weighted by atomic mass is 10.2. The first kappa shape index (κ1) is 19.1. The van der Waals surface area contributed by atoms with Crippen LogP contribution in [-0.4, -0.2) is 44.4 Å². The van der Waals surface area contributed by atoms with Crippen LogP contribution in [-0.2, 0) is 16.6 Å². The molecule has 1 aliphatic rings. The number of hydrogen-bond donors (Lipinski definition) is 1. The van der Waals surface area contributed by atoms with Gasteiger partial charge in [-0.15, -0.1) is 11.3 Å². The number of nitrogens with zero attached hydrogens (tertiary/aromatic N) is 3. The molecule has 0 atom stereocenters. The summed E-state index contributed by atoms with van der Waals surface area (Å²) in [5.74, 6) is 0. The minimum Gasteiger partial charge on any atom is -0.363 e. The smallest absolute Gasteiger partial charge is 0.293 e. The SMILES string of the molecule is NS(=O)(=O)c1ccc(N2CCN(Cc3ccc(Cl)s3)CC2)c([N+](=O)[O-])c1. The molecule has 0 amide bonds. The highest BCUT2D eigenvalue weighted by molar-refractivity contribution is 7.89. The highest BCUT2D eigenvalue weighted by Gasteiger charge is 2.26. The van der Waals surface area contributed by atoms with E-state index in [9.17, 15) is 18.5 Å². The number of hydrogen-bond acceptors (Lipinski definition) is 7. The van der Waals surface area contributed by atoms with E-state index in [1.165, 1.54) is 17.0 Å². The Morgan fingerprint density at radius 2 is 1.88 bits per heavy atom. The highest BCUT2D eigenvalue weighted by Crippen LogP contribution is 2.31. The van der Waals surface area contributed by atoms with E-state index >= 15 is 0 Å². The molecule has 0 bridgehead atoms. The number of sulfonamides is 1. The minimum absolute atomic E-state index is 0.255. The van der Waals surface area contributed by atoms with Crippen molar-refractivity contribution < 1.29 is 13.3 Å². The van der Waals surface area contributed by atoms with E-state index in [0.29, 0.717) is 18.8 Å². The molecule has 11 heteroatoms. The molecule has 2 aromatic rings. The van der Waals surface area contributed by atoms with Gasteiger partial charge in [0.15, 0.2) is 0 Å². The van der Waals surface area contributed by atoms with Gasteiger partial charge in [0.05, 0.1) is 14.2 Å². The highest BCUT2D eigenvalue weighted by atomic mass is 35.5. The molecule has 3 rings (SSSR count). The fraction of sp³-hybridized carbons (Fsp3) is 0.333. The zero-order chi connectivity index (χ0) is 18.9. The van der Waals surface area contributed by atoms with Crippen LogP contribution in [0, 0.1) is 10.1 Å². The van der Waals surface area contributed by atoms with Gasteiger partial charge < -0.3 is 4.90 Å². The molecule has 1 saturated heterocycles. The van der Waals surface area contributed by atoms with Gasteiger partial charge in [-0.3, -0.25) is 15.0 Å². The molecule has 0 aliphatic carbocycles. The van der Waals surface area contributed by atoms with Gasteiger partial charge >= 0.3 is 0 Å². The number of thiophene rings is 1. The fourth-order valence-electron chi connectivity index (χ4n) is 2.90. The van der Waals surface area contributed by atoms with E-state index in [0.717, 1.165) is 30.0 Å². The Labute approximate surface area is 160 Å². The van der Waals surface area contributed by atoms with Crippen molar-refractivity contribution >= 4 is 44.3 Å². The lowest BCUT2D eigenvalue weighted by molar-refractivity contribution is -0.384. The average molecular weight is 417 g/mol. The van der Waals surface area contributed by atoms with Crippen molar-refractivity contribution in [3.05, 3.63) is 49.7 Å². The van der Waals surface area contributed by atoms with E-state index in [-0.39, 0.29) is 10.6 Å². The summed E-state index contributed by atoms with van der Waals surface area (Å²) in [4.78, 5) is 15.8. The third-order valence-electron chi connectivity index (χ3n) is 4.19. The molecule has 1 fully saturated rings. The number of nitro groups is 1. The van der Waals surface area contributed by atoms with Crippen LogP contribution < -0.4 is 10.0 Å². The molecule has 1 aliphatic heterocycles. The van der Waals surface area contributed by atoms with Gasteiger partial charge in [-0.05, 0) is 24.3 Å². The summed E-state index contributed by atoms with van der Waals surface area (Å²) in [6, 6.07) is 7.64. The van der Waals surface area contributed by atoms with Gasteiger partial charge in [0.1, 0.15) is 5.69 Å². The molecule has 0 radical (unpaired) electrons. The number of nitrogens with two attached hydrogens (primary N) is 1. The lowest BCUT2D eigenvalue weighted by Crippen LogP contribution is -2.46. The number of anilines is 1. The molecule has 1 aromatic heterocycles. The van der Waals surface area contributed by atoms with E-state index in [1.54, 1.807) is 11.3 Å². The van der Waals surface area contributed by atoms with Crippen LogP contribution >= 0.6 is 22.9 Å². The second-order valence-electron chi connectivity index (χ2n) is 5.92. The Balaban J connectivity index is 1.73. The second kappa shape index (κ2) is 7.49. The number of halogens is 1. The quantitative estimate of drug-likeness (QED) is 0.591. The zero-order valence-electron chi connectivity index (χ0n) is 13.7. The maximum atomic E-state index is 11.4. The third-order valence-corrected chi connectivity index (χ3v) is 6.32. The minimum atomic E-state index is -3.99. The molecule has 2 N–H and O–H groups in total. The first-order chi connectivity index (χ1) is 12.2. The van der Waals surface area contributed by atoms with Crippen LogP contribution in [0.2, 0.25) is 4.34 Å². The zero-order valence-corrected chi connectivity index (χ0v) is 16.1. The van der Waals surface area contributed by atoms with E-state index < -0.39 is 14.9 Å². The van der Waals surface area contributed by atoms with Gasteiger partial charge in [-0.2, -0.15) is 0 Å². The average Bonchev–Trinajstić information content (AvgIpc) is 2.99. The van der Waals surface area contributed by atoms with Crippen molar-refractivity contribution in [2.75, 3.05) is 31.1 Å². The number of primary sulfonamides is 1. The standard InChI is InChI=1S/C15H17ClN4O4S2/c16-15-4-1-11(25-15)10-18-5-7-19(8-6-18)13-3-2-12(26(17,23)24)9-14(13)20(21)22/h1-4,9H,5-8,10H2,(H2,17,23,24). The lowest BCUT2D eigenvalue weighted by Gasteiger charge is -2.35. The predicted octanol–water partition coefficient (Wildman–Crippen LogP) is 2.28. The van der Waals surface area contributed by atoms with Crippen molar-refractivity contribution in [3.63, 3.8) is 0 Å². The van der Waals surface area contributed by atoms with Crippen LogP contribution in [0.5, 0.6) is 0 Å². The molecule has 0 spiro atoms. The summed E-state index contributed by atoms with van der Waals surface area (Å²) >= 11 is 7.49. The van der Waals surface area contributed by atoms with Gasteiger partial charge in [-0.1, -0.05) is 11.6 Å². The molecular weight excluding hydrogens is 400 g/mol. The van der Waals surface area contributed by atoms with Crippen molar-refractivity contribution in [1.82, 2.24) is 4.90 Å². The van der Waals surface area contributed by atoms with Gasteiger partial charge in [-0.25, -0.2) is 13.6 Å². The van der Waals surface area contributed by atoms with Crippen LogP contribution in [0.25, 0.3) is 0 Å². The van der Waals surface area contributed by atoms with Crippen molar-refractivity contribution in [2.24, 2.45) is 5.14 Å². The molecule has 0 unspecified atom stereocenters. The fourth-order valence-corrected chi connectivity index (χ4v) is 4.56. The summed E-state index contributed by atoms with van der Waals surface area (Å²) in [7, 11) is -3.99. The Morgan fingerprint density at radius 3 is 2.42 bits per heavy atom. The molecule has 1 aromatic carbocycles. The molecule has 0 saturated carbocycles. The van der Waals surface area contributed by atoms with Crippen molar-refractivity contribution in [1.29, 1.82) is 0 Å². The number of piperazine rings is 1. The van der Waals surface area contributed by atoms with Crippen LogP contribution in [0.1, 0.15) is 4.88 Å². The van der Waals surface area contributed by atoms with E-state index in [2.05, 4.69) is 4.90 Å². The number of rotatable bonds is 5. The Morgan fingerprint density at radius 1 is 1.19 bits per heavy atom. The van der Waals surface area contributed by atoms with Gasteiger partial charge in [0, 0.05) is 43.7 Å². The monoisotopic (exact) mass is 416 g/mol. The molecule has 2 heterocycles. The summed E-state index contributed by atoms with van der Waals surface area (Å²) < 4.78 is 23.6. The first-order valence-corrected chi connectivity index (χ1v) is 10.5. The van der Waals surface area contributed by atoms with Crippen LogP contribution in [0.4, 0.5) is 11.4 Å². The molecule has 140 valence electrons. The Kier molecular flexibility index (Phi) is 5.49. The van der Waals surface area contributed by atoms with Gasteiger partial charge in [0.2, 0.25) is 10.0 Å². The van der Waals surface area contributed by atoms with E-state index in [4.69, 9.17) is 16.7 Å². The number of nitro benzene ring substituents is 1. The number of benzene rings is 1. The normalized spacial score (nSPS) is 16.0.